The van der Waals surface area contributed by atoms with Crippen LogP contribution in [0.1, 0.15) is 34.3 Å². The predicted octanol–water partition coefficient (Wildman–Crippen LogP) is 1.91. The van der Waals surface area contributed by atoms with Crippen LogP contribution in [0.25, 0.3) is 16.9 Å². The van der Waals surface area contributed by atoms with E-state index in [0.717, 1.165) is 0 Å². The lowest BCUT2D eigenvalue weighted by Crippen LogP contribution is -2.58. The number of aldehydes is 1. The van der Waals surface area contributed by atoms with Gasteiger partial charge in [0.15, 0.2) is 17.7 Å². The van der Waals surface area contributed by atoms with Crippen molar-refractivity contribution in [3.8, 4) is 22.6 Å². The summed E-state index contributed by atoms with van der Waals surface area (Å²) in [6.45, 7) is 0. The molecule has 0 aliphatic heterocycles. The van der Waals surface area contributed by atoms with Crippen molar-refractivity contribution in [2.45, 2.75) is 24.9 Å². The number of fused-ring (bicyclic) bond motifs is 3. The molecule has 1 saturated carbocycles. The number of aliphatic hydroxyl groups excluding tert-OH is 2. The molecule has 2 aromatic rings. The first-order chi connectivity index (χ1) is 17.5. The standard InChI is InChI=1S/C27H23NO9/c1-37-14-2-3-15(12(7-14)10-29)16-4-5-18(30)21-17(16)8-11-6-13-9-19(31)22(26(28)35)25(34)27(13,36)24(33)20(11)23(21)32/h2-5,7,10-11,13,30,32,34,36H,6,8-9H2,1H3,(H2,28,35)/t11-,13+,27+/m1/s1. The number of Topliss-reactive ketones (excluding diaryl/α,β-unsaturated/α-hetero) is 2. The molecule has 0 saturated heterocycles. The molecule has 0 aromatic heterocycles. The zero-order valence-corrected chi connectivity index (χ0v) is 19.6. The second kappa shape index (κ2) is 8.31. The minimum absolute atomic E-state index is 0.0150. The van der Waals surface area contributed by atoms with Crippen LogP contribution in [0.3, 0.4) is 0 Å². The monoisotopic (exact) mass is 505 g/mol. The first-order valence-corrected chi connectivity index (χ1v) is 11.5. The van der Waals surface area contributed by atoms with Crippen molar-refractivity contribution < 1.29 is 44.3 Å². The molecule has 3 aliphatic carbocycles. The van der Waals surface area contributed by atoms with E-state index in [4.69, 9.17) is 10.5 Å². The summed E-state index contributed by atoms with van der Waals surface area (Å²) in [4.78, 5) is 49.7. The third kappa shape index (κ3) is 3.29. The zero-order chi connectivity index (χ0) is 26.8. The second-order valence-electron chi connectivity index (χ2n) is 9.46. The number of methoxy groups -OCH3 is 1. The molecule has 10 heteroatoms. The number of primary amides is 1. The SMILES string of the molecule is COc1ccc(-c2ccc(O)c3c2C[C@H]2C[C@H]4CC(=O)C(C(N)=O)=C(O)[C@@]4(O)C(=O)C2=C3O)c(C=O)c1. The van der Waals surface area contributed by atoms with Gasteiger partial charge in [0, 0.05) is 23.5 Å². The van der Waals surface area contributed by atoms with Crippen LogP contribution in [0.5, 0.6) is 11.5 Å². The number of phenolic OH excluding ortho intramolecular Hbond substituents is 1. The molecule has 190 valence electrons. The summed E-state index contributed by atoms with van der Waals surface area (Å²) in [5.74, 6) is -6.45. The molecule has 0 heterocycles. The van der Waals surface area contributed by atoms with Gasteiger partial charge in [-0.15, -0.1) is 0 Å². The van der Waals surface area contributed by atoms with Gasteiger partial charge in [0.1, 0.15) is 28.6 Å². The maximum absolute atomic E-state index is 13.6. The Kier molecular flexibility index (Phi) is 5.45. The fourth-order valence-electron chi connectivity index (χ4n) is 5.88. The number of carbonyl (C=O) groups is 4. The van der Waals surface area contributed by atoms with E-state index in [1.807, 2.05) is 0 Å². The normalized spacial score (nSPS) is 24.8. The number of hydrogen-bond donors (Lipinski definition) is 5. The van der Waals surface area contributed by atoms with Gasteiger partial charge in [0.25, 0.3) is 5.91 Å². The largest absolute Gasteiger partial charge is 0.508 e. The maximum Gasteiger partial charge on any atom is 0.255 e. The molecule has 2 aromatic carbocycles. The molecule has 1 fully saturated rings. The second-order valence-corrected chi connectivity index (χ2v) is 9.46. The van der Waals surface area contributed by atoms with Crippen LogP contribution in [0.4, 0.5) is 0 Å². The van der Waals surface area contributed by atoms with Crippen molar-refractivity contribution in [3.63, 3.8) is 0 Å². The van der Waals surface area contributed by atoms with E-state index in [-0.39, 0.29) is 29.7 Å². The van der Waals surface area contributed by atoms with Gasteiger partial charge >= 0.3 is 0 Å². The van der Waals surface area contributed by atoms with Crippen LogP contribution in [0.2, 0.25) is 0 Å². The van der Waals surface area contributed by atoms with E-state index in [0.29, 0.717) is 34.3 Å². The highest BCUT2D eigenvalue weighted by atomic mass is 16.5. The topological polar surface area (TPSA) is 184 Å². The Labute approximate surface area is 210 Å². The summed E-state index contributed by atoms with van der Waals surface area (Å²) in [6.07, 6.45) is 0.399. The van der Waals surface area contributed by atoms with Crippen LogP contribution < -0.4 is 10.5 Å². The Balaban J connectivity index is 1.71. The number of hydrogen-bond acceptors (Lipinski definition) is 9. The minimum atomic E-state index is -2.62. The molecule has 1 amide bonds. The Hall–Kier alpha value is -4.44. The van der Waals surface area contributed by atoms with Crippen LogP contribution in [0, 0.1) is 11.8 Å². The fraction of sp³-hybridized carbons (Fsp3) is 0.259. The summed E-state index contributed by atoms with van der Waals surface area (Å²) in [6, 6.07) is 7.80. The van der Waals surface area contributed by atoms with Crippen molar-refractivity contribution in [1.29, 1.82) is 0 Å². The van der Waals surface area contributed by atoms with E-state index in [1.165, 1.54) is 13.2 Å². The quantitative estimate of drug-likeness (QED) is 0.306. The molecular weight excluding hydrogens is 482 g/mol. The fourth-order valence-corrected chi connectivity index (χ4v) is 5.88. The summed E-state index contributed by atoms with van der Waals surface area (Å²) >= 11 is 0. The van der Waals surface area contributed by atoms with E-state index in [1.54, 1.807) is 24.3 Å². The molecule has 0 bridgehead atoms. The first kappa shape index (κ1) is 24.3. The third-order valence-electron chi connectivity index (χ3n) is 7.62. The van der Waals surface area contributed by atoms with E-state index in [2.05, 4.69) is 0 Å². The molecule has 3 atom stereocenters. The number of phenols is 1. The smallest absolute Gasteiger partial charge is 0.255 e. The molecule has 3 aliphatic rings. The highest BCUT2D eigenvalue weighted by Crippen LogP contribution is 2.53. The van der Waals surface area contributed by atoms with Crippen molar-refractivity contribution in [2.24, 2.45) is 17.6 Å². The minimum Gasteiger partial charge on any atom is -0.508 e. The van der Waals surface area contributed by atoms with Crippen LogP contribution >= 0.6 is 0 Å². The molecule has 0 unspecified atom stereocenters. The molecule has 0 radical (unpaired) electrons. The summed E-state index contributed by atoms with van der Waals surface area (Å²) in [7, 11) is 1.47. The van der Waals surface area contributed by atoms with Gasteiger partial charge in [-0.3, -0.25) is 19.2 Å². The molecule has 0 spiro atoms. The molecule has 5 rings (SSSR count). The summed E-state index contributed by atoms with van der Waals surface area (Å²) in [5, 5.41) is 43.9. The molecule has 10 nitrogen and oxygen atoms in total. The summed E-state index contributed by atoms with van der Waals surface area (Å²) < 4.78 is 5.19. The van der Waals surface area contributed by atoms with Crippen molar-refractivity contribution in [2.75, 3.05) is 7.11 Å². The Bertz CT molecular complexity index is 1480. The van der Waals surface area contributed by atoms with Gasteiger partial charge < -0.3 is 30.9 Å². The van der Waals surface area contributed by atoms with Gasteiger partial charge in [-0.1, -0.05) is 6.07 Å². The number of amides is 1. The van der Waals surface area contributed by atoms with Gasteiger partial charge in [0.2, 0.25) is 5.78 Å². The van der Waals surface area contributed by atoms with E-state index >= 15 is 0 Å². The van der Waals surface area contributed by atoms with Crippen LogP contribution in [-0.4, -0.2) is 56.9 Å². The van der Waals surface area contributed by atoms with Crippen molar-refractivity contribution in [3.05, 3.63) is 63.9 Å². The third-order valence-corrected chi connectivity index (χ3v) is 7.62. The van der Waals surface area contributed by atoms with Gasteiger partial charge in [-0.2, -0.15) is 0 Å². The average Bonchev–Trinajstić information content (AvgIpc) is 2.85. The lowest BCUT2D eigenvalue weighted by atomic mass is 9.59. The van der Waals surface area contributed by atoms with Crippen LogP contribution in [-0.2, 0) is 20.8 Å². The summed E-state index contributed by atoms with van der Waals surface area (Å²) in [5.41, 5.74) is 3.30. The lowest BCUT2D eigenvalue weighted by Gasteiger charge is -2.46. The molecular formula is C27H23NO9. The van der Waals surface area contributed by atoms with Crippen molar-refractivity contribution in [1.82, 2.24) is 0 Å². The number of ether oxygens (including phenoxy) is 1. The van der Waals surface area contributed by atoms with E-state index in [9.17, 15) is 39.6 Å². The van der Waals surface area contributed by atoms with Gasteiger partial charge in [0.05, 0.1) is 12.7 Å². The highest BCUT2D eigenvalue weighted by molar-refractivity contribution is 6.22. The number of rotatable bonds is 4. The van der Waals surface area contributed by atoms with Gasteiger partial charge in [-0.05, 0) is 59.7 Å². The Morgan fingerprint density at radius 1 is 1.11 bits per heavy atom. The number of carbonyl (C=O) groups excluding carboxylic acids is 4. The predicted molar refractivity (Wildman–Crippen MR) is 129 cm³/mol. The number of benzene rings is 2. The average molecular weight is 505 g/mol. The number of nitrogens with two attached hydrogens (primary N) is 1. The van der Waals surface area contributed by atoms with Crippen LogP contribution in [0.15, 0.2) is 47.2 Å². The lowest BCUT2D eigenvalue weighted by molar-refractivity contribution is -0.147. The molecule has 6 N–H and O–H groups in total. The van der Waals surface area contributed by atoms with Crippen molar-refractivity contribution >= 4 is 29.5 Å². The number of ketones is 2. The molecule has 37 heavy (non-hydrogen) atoms. The first-order valence-electron chi connectivity index (χ1n) is 11.5. The van der Waals surface area contributed by atoms with E-state index < -0.39 is 58.4 Å². The Morgan fingerprint density at radius 3 is 2.46 bits per heavy atom. The maximum atomic E-state index is 13.6. The van der Waals surface area contributed by atoms with Gasteiger partial charge in [-0.25, -0.2) is 0 Å². The number of aliphatic hydroxyl groups is 3. The zero-order valence-electron chi connectivity index (χ0n) is 19.6. The highest BCUT2D eigenvalue weighted by Gasteiger charge is 2.60. The number of aromatic hydroxyl groups is 1. The Morgan fingerprint density at radius 2 is 1.81 bits per heavy atom.